The van der Waals surface area contributed by atoms with Crippen LogP contribution in [0.1, 0.15) is 15.9 Å². The van der Waals surface area contributed by atoms with Gasteiger partial charge < -0.3 is 5.32 Å². The molecule has 3 aromatic rings. The molecule has 0 fully saturated rings. The van der Waals surface area contributed by atoms with Gasteiger partial charge in [-0.1, -0.05) is 24.3 Å². The Morgan fingerprint density at radius 2 is 1.76 bits per heavy atom. The van der Waals surface area contributed by atoms with Gasteiger partial charge in [0.05, 0.1) is 0 Å². The molecule has 3 nitrogen and oxygen atoms in total. The van der Waals surface area contributed by atoms with E-state index in [2.05, 4.69) is 28.5 Å². The van der Waals surface area contributed by atoms with Crippen molar-refractivity contribution in [3.05, 3.63) is 66.0 Å². The monoisotopic (exact) mass is 276 g/mol. The van der Waals surface area contributed by atoms with E-state index in [0.29, 0.717) is 5.56 Å². The van der Waals surface area contributed by atoms with E-state index in [9.17, 15) is 4.79 Å². The van der Waals surface area contributed by atoms with Crippen molar-refractivity contribution < 1.29 is 4.79 Å². The summed E-state index contributed by atoms with van der Waals surface area (Å²) >= 11 is 0. The van der Waals surface area contributed by atoms with E-state index in [1.807, 2.05) is 37.4 Å². The zero-order valence-corrected chi connectivity index (χ0v) is 12.1. The van der Waals surface area contributed by atoms with Gasteiger partial charge in [-0.05, 0) is 47.2 Å². The maximum Gasteiger partial charge on any atom is 0.251 e. The summed E-state index contributed by atoms with van der Waals surface area (Å²) in [5, 5.41) is 4.94. The van der Waals surface area contributed by atoms with Crippen LogP contribution < -0.4 is 5.32 Å². The largest absolute Gasteiger partial charge is 0.355 e. The molecular formula is C18H16N2O. The summed E-state index contributed by atoms with van der Waals surface area (Å²) in [7, 11) is 1.65. The number of rotatable bonds is 2. The smallest absolute Gasteiger partial charge is 0.251 e. The highest BCUT2D eigenvalue weighted by Crippen LogP contribution is 2.26. The number of hydrogen-bond donors (Lipinski definition) is 1. The van der Waals surface area contributed by atoms with E-state index < -0.39 is 0 Å². The van der Waals surface area contributed by atoms with Gasteiger partial charge in [-0.25, -0.2) is 0 Å². The molecule has 0 atom stereocenters. The van der Waals surface area contributed by atoms with E-state index in [1.165, 1.54) is 0 Å². The minimum Gasteiger partial charge on any atom is -0.355 e. The number of pyridine rings is 1. The van der Waals surface area contributed by atoms with Crippen molar-refractivity contribution in [3.8, 4) is 11.1 Å². The average Bonchev–Trinajstić information content (AvgIpc) is 2.54. The lowest BCUT2D eigenvalue weighted by Crippen LogP contribution is -2.18. The Labute approximate surface area is 123 Å². The van der Waals surface area contributed by atoms with Crippen molar-refractivity contribution in [2.24, 2.45) is 0 Å². The lowest BCUT2D eigenvalue weighted by Gasteiger charge is -2.09. The lowest BCUT2D eigenvalue weighted by atomic mass is 9.98. The number of carbonyl (C=O) groups is 1. The van der Waals surface area contributed by atoms with Crippen LogP contribution in [0.15, 0.2) is 54.9 Å². The van der Waals surface area contributed by atoms with Crippen molar-refractivity contribution in [2.45, 2.75) is 6.92 Å². The molecule has 0 spiro atoms. The van der Waals surface area contributed by atoms with Gasteiger partial charge >= 0.3 is 0 Å². The second kappa shape index (κ2) is 5.37. The fraction of sp³-hybridized carbons (Fsp3) is 0.111. The molecule has 0 aliphatic heterocycles. The number of nitrogens with one attached hydrogen (secondary N) is 1. The minimum absolute atomic E-state index is 0.0562. The highest BCUT2D eigenvalue weighted by molar-refractivity contribution is 5.97. The highest BCUT2D eigenvalue weighted by Gasteiger charge is 2.09. The van der Waals surface area contributed by atoms with E-state index in [0.717, 1.165) is 27.5 Å². The average molecular weight is 276 g/mol. The predicted molar refractivity (Wildman–Crippen MR) is 85.3 cm³/mol. The van der Waals surface area contributed by atoms with Crippen molar-refractivity contribution in [2.75, 3.05) is 7.05 Å². The predicted octanol–water partition coefficient (Wildman–Crippen LogP) is 3.57. The van der Waals surface area contributed by atoms with E-state index in [1.54, 1.807) is 13.2 Å². The summed E-state index contributed by atoms with van der Waals surface area (Å²) in [6.07, 6.45) is 3.64. The molecule has 3 rings (SSSR count). The summed E-state index contributed by atoms with van der Waals surface area (Å²) in [5.41, 5.74) is 3.82. The molecule has 0 bridgehead atoms. The van der Waals surface area contributed by atoms with Gasteiger partial charge in [-0.3, -0.25) is 9.78 Å². The van der Waals surface area contributed by atoms with Gasteiger partial charge in [0.15, 0.2) is 0 Å². The number of nitrogens with zero attached hydrogens (tertiary/aromatic N) is 1. The molecule has 2 aromatic carbocycles. The van der Waals surface area contributed by atoms with Crippen LogP contribution in [0, 0.1) is 6.92 Å². The summed E-state index contributed by atoms with van der Waals surface area (Å²) in [6, 6.07) is 14.2. The molecule has 0 saturated carbocycles. The van der Waals surface area contributed by atoms with Crippen LogP contribution in [0.3, 0.4) is 0 Å². The summed E-state index contributed by atoms with van der Waals surface area (Å²) in [5.74, 6) is -0.0562. The first-order chi connectivity index (χ1) is 10.2. The first-order valence-corrected chi connectivity index (χ1v) is 6.86. The fourth-order valence-electron chi connectivity index (χ4n) is 2.44. The number of aryl methyl sites for hydroxylation is 1. The summed E-state index contributed by atoms with van der Waals surface area (Å²) < 4.78 is 0. The molecule has 0 aliphatic carbocycles. The Kier molecular flexibility index (Phi) is 3.40. The number of fused-ring (bicyclic) bond motifs is 1. The molecule has 0 radical (unpaired) electrons. The Morgan fingerprint density at radius 3 is 2.57 bits per heavy atom. The van der Waals surface area contributed by atoms with Crippen LogP contribution in [0.2, 0.25) is 0 Å². The molecule has 104 valence electrons. The van der Waals surface area contributed by atoms with Gasteiger partial charge in [-0.2, -0.15) is 0 Å². The Morgan fingerprint density at radius 1 is 1.00 bits per heavy atom. The van der Waals surface area contributed by atoms with Gasteiger partial charge in [-0.15, -0.1) is 0 Å². The maximum absolute atomic E-state index is 11.9. The topological polar surface area (TPSA) is 42.0 Å². The van der Waals surface area contributed by atoms with Crippen LogP contribution in [0.5, 0.6) is 0 Å². The first-order valence-electron chi connectivity index (χ1n) is 6.86. The highest BCUT2D eigenvalue weighted by atomic mass is 16.1. The molecule has 3 heteroatoms. The third kappa shape index (κ3) is 2.50. The zero-order chi connectivity index (χ0) is 14.8. The fourth-order valence-corrected chi connectivity index (χ4v) is 2.44. The number of benzene rings is 2. The molecule has 0 saturated heterocycles. The summed E-state index contributed by atoms with van der Waals surface area (Å²) in [4.78, 5) is 16.0. The van der Waals surface area contributed by atoms with E-state index >= 15 is 0 Å². The SMILES string of the molecule is CNC(=O)c1cc(-c2ccc3cnccc3c2)ccc1C. The van der Waals surface area contributed by atoms with Gasteiger partial charge in [0.1, 0.15) is 0 Å². The minimum atomic E-state index is -0.0562. The molecule has 1 aromatic heterocycles. The molecule has 0 unspecified atom stereocenters. The van der Waals surface area contributed by atoms with E-state index in [4.69, 9.17) is 0 Å². The molecule has 21 heavy (non-hydrogen) atoms. The standard InChI is InChI=1S/C18H16N2O/c1-12-3-4-14(10-17(12)18(21)19-2)13-5-6-16-11-20-8-7-15(16)9-13/h3-11H,1-2H3,(H,19,21). The van der Waals surface area contributed by atoms with Gasteiger partial charge in [0.25, 0.3) is 5.91 Å². The van der Waals surface area contributed by atoms with E-state index in [-0.39, 0.29) is 5.91 Å². The molecular weight excluding hydrogens is 260 g/mol. The summed E-state index contributed by atoms with van der Waals surface area (Å²) in [6.45, 7) is 1.94. The second-order valence-corrected chi connectivity index (χ2v) is 5.05. The molecule has 1 heterocycles. The van der Waals surface area contributed by atoms with Gasteiger partial charge in [0.2, 0.25) is 0 Å². The second-order valence-electron chi connectivity index (χ2n) is 5.05. The third-order valence-corrected chi connectivity index (χ3v) is 3.68. The first kappa shape index (κ1) is 13.3. The zero-order valence-electron chi connectivity index (χ0n) is 12.1. The van der Waals surface area contributed by atoms with Gasteiger partial charge in [0, 0.05) is 30.4 Å². The number of carbonyl (C=O) groups excluding carboxylic acids is 1. The molecule has 1 amide bonds. The Bertz CT molecular complexity index is 824. The van der Waals surface area contributed by atoms with Crippen molar-refractivity contribution in [1.29, 1.82) is 0 Å². The Balaban J connectivity index is 2.12. The number of aromatic nitrogens is 1. The number of amides is 1. The van der Waals surface area contributed by atoms with Crippen LogP contribution in [-0.2, 0) is 0 Å². The van der Waals surface area contributed by atoms with Crippen LogP contribution in [-0.4, -0.2) is 17.9 Å². The third-order valence-electron chi connectivity index (χ3n) is 3.68. The molecule has 1 N–H and O–H groups in total. The van der Waals surface area contributed by atoms with Crippen molar-refractivity contribution in [3.63, 3.8) is 0 Å². The van der Waals surface area contributed by atoms with Crippen LogP contribution in [0.25, 0.3) is 21.9 Å². The lowest BCUT2D eigenvalue weighted by molar-refractivity contribution is 0.0962. The van der Waals surface area contributed by atoms with Crippen LogP contribution >= 0.6 is 0 Å². The van der Waals surface area contributed by atoms with Crippen molar-refractivity contribution in [1.82, 2.24) is 10.3 Å². The van der Waals surface area contributed by atoms with Crippen molar-refractivity contribution >= 4 is 16.7 Å². The number of hydrogen-bond acceptors (Lipinski definition) is 2. The normalized spacial score (nSPS) is 10.6. The maximum atomic E-state index is 11.9. The Hall–Kier alpha value is -2.68. The van der Waals surface area contributed by atoms with Crippen LogP contribution in [0.4, 0.5) is 0 Å². The molecule has 0 aliphatic rings. The quantitative estimate of drug-likeness (QED) is 0.777.